The van der Waals surface area contributed by atoms with Crippen LogP contribution in [-0.2, 0) is 38.1 Å². The predicted molar refractivity (Wildman–Crippen MR) is 92.2 cm³/mol. The molecule has 1 unspecified atom stereocenters. The Labute approximate surface area is 157 Å². The largest absolute Gasteiger partial charge is 0.477 e. The summed E-state index contributed by atoms with van der Waals surface area (Å²) in [4.78, 5) is 50.2. The highest BCUT2D eigenvalue weighted by Gasteiger charge is 2.48. The highest BCUT2D eigenvalue weighted by atomic mass is 16.6. The third-order valence-electron chi connectivity index (χ3n) is 4.26. The SMILES string of the molecule is CCOC(=O)C1=C(C(=O)OC)C2=C(CC(C)(C)CC2=O)OC1C(=O)OCC. The van der Waals surface area contributed by atoms with E-state index < -0.39 is 29.4 Å². The van der Waals surface area contributed by atoms with Crippen LogP contribution in [0.15, 0.2) is 22.5 Å². The standard InChI is InChI=1S/C19H24O8/c1-6-25-17(22)14-13(16(21)24-5)12-10(20)8-19(3,4)9-11(12)27-15(14)18(23)26-7-2/h15H,6-9H2,1-5H3. The molecule has 0 aromatic carbocycles. The van der Waals surface area contributed by atoms with Crippen molar-refractivity contribution in [3.63, 3.8) is 0 Å². The lowest BCUT2D eigenvalue weighted by atomic mass is 9.73. The number of methoxy groups -OCH3 is 1. The molecule has 0 N–H and O–H groups in total. The molecule has 0 amide bonds. The minimum atomic E-state index is -1.50. The molecule has 8 nitrogen and oxygen atoms in total. The highest BCUT2D eigenvalue weighted by Crippen LogP contribution is 2.44. The van der Waals surface area contributed by atoms with E-state index in [1.807, 2.05) is 13.8 Å². The molecule has 1 aliphatic carbocycles. The fraction of sp³-hybridized carbons (Fsp3) is 0.579. The van der Waals surface area contributed by atoms with Crippen LogP contribution in [0.2, 0.25) is 0 Å². The molecule has 1 aliphatic heterocycles. The summed E-state index contributed by atoms with van der Waals surface area (Å²) in [7, 11) is 1.13. The van der Waals surface area contributed by atoms with Crippen LogP contribution in [0.4, 0.5) is 0 Å². The van der Waals surface area contributed by atoms with Crippen LogP contribution in [0.25, 0.3) is 0 Å². The zero-order valence-corrected chi connectivity index (χ0v) is 16.2. The van der Waals surface area contributed by atoms with Crippen LogP contribution in [0.3, 0.4) is 0 Å². The molecule has 27 heavy (non-hydrogen) atoms. The van der Waals surface area contributed by atoms with Crippen molar-refractivity contribution in [2.75, 3.05) is 20.3 Å². The fourth-order valence-corrected chi connectivity index (χ4v) is 3.23. The van der Waals surface area contributed by atoms with Gasteiger partial charge in [0, 0.05) is 12.8 Å². The molecular formula is C19H24O8. The van der Waals surface area contributed by atoms with Crippen molar-refractivity contribution >= 4 is 23.7 Å². The average molecular weight is 380 g/mol. The van der Waals surface area contributed by atoms with Crippen LogP contribution in [-0.4, -0.2) is 50.1 Å². The molecule has 2 rings (SSSR count). The first-order valence-electron chi connectivity index (χ1n) is 8.76. The summed E-state index contributed by atoms with van der Waals surface area (Å²) in [6, 6.07) is 0. The highest BCUT2D eigenvalue weighted by molar-refractivity contribution is 6.17. The number of carbonyl (C=O) groups is 4. The summed E-state index contributed by atoms with van der Waals surface area (Å²) >= 11 is 0. The van der Waals surface area contributed by atoms with Gasteiger partial charge in [-0.15, -0.1) is 0 Å². The van der Waals surface area contributed by atoms with Gasteiger partial charge >= 0.3 is 17.9 Å². The third-order valence-corrected chi connectivity index (χ3v) is 4.26. The van der Waals surface area contributed by atoms with Gasteiger partial charge in [0.25, 0.3) is 0 Å². The van der Waals surface area contributed by atoms with E-state index >= 15 is 0 Å². The number of esters is 3. The number of hydrogen-bond acceptors (Lipinski definition) is 8. The minimum absolute atomic E-state index is 0.0131. The normalized spacial score (nSPS) is 21.2. The summed E-state index contributed by atoms with van der Waals surface area (Å²) in [5.41, 5.74) is -1.09. The molecule has 1 heterocycles. The smallest absolute Gasteiger partial charge is 0.352 e. The van der Waals surface area contributed by atoms with Crippen molar-refractivity contribution < 1.29 is 38.1 Å². The van der Waals surface area contributed by atoms with E-state index in [0.717, 1.165) is 7.11 Å². The Balaban J connectivity index is 2.73. The number of Topliss-reactive ketones (excluding diaryl/α,β-unsaturated/α-hetero) is 1. The summed E-state index contributed by atoms with van der Waals surface area (Å²) in [5, 5.41) is 0. The lowest BCUT2D eigenvalue weighted by Crippen LogP contribution is -2.42. The molecule has 0 saturated carbocycles. The molecule has 0 saturated heterocycles. The summed E-state index contributed by atoms with van der Waals surface area (Å²) in [5.74, 6) is -2.85. The van der Waals surface area contributed by atoms with Gasteiger partial charge in [-0.3, -0.25) is 4.79 Å². The molecule has 0 radical (unpaired) electrons. The van der Waals surface area contributed by atoms with E-state index in [-0.39, 0.29) is 47.9 Å². The lowest BCUT2D eigenvalue weighted by molar-refractivity contribution is -0.156. The molecule has 8 heteroatoms. The molecule has 148 valence electrons. The molecule has 2 aliphatic rings. The third kappa shape index (κ3) is 4.04. The second kappa shape index (κ2) is 7.94. The number of ether oxygens (including phenoxy) is 4. The summed E-state index contributed by atoms with van der Waals surface area (Å²) in [6.45, 7) is 7.00. The van der Waals surface area contributed by atoms with Crippen molar-refractivity contribution in [1.82, 2.24) is 0 Å². The molecule has 0 aromatic rings. The van der Waals surface area contributed by atoms with Crippen LogP contribution < -0.4 is 0 Å². The Morgan fingerprint density at radius 1 is 1.07 bits per heavy atom. The van der Waals surface area contributed by atoms with Gasteiger partial charge < -0.3 is 18.9 Å². The topological polar surface area (TPSA) is 105 Å². The van der Waals surface area contributed by atoms with Crippen LogP contribution >= 0.6 is 0 Å². The average Bonchev–Trinajstić information content (AvgIpc) is 2.58. The van der Waals surface area contributed by atoms with Crippen molar-refractivity contribution in [1.29, 1.82) is 0 Å². The van der Waals surface area contributed by atoms with Gasteiger partial charge in [0.1, 0.15) is 11.3 Å². The Morgan fingerprint density at radius 3 is 2.26 bits per heavy atom. The van der Waals surface area contributed by atoms with Gasteiger partial charge in [-0.1, -0.05) is 13.8 Å². The van der Waals surface area contributed by atoms with E-state index in [1.54, 1.807) is 13.8 Å². The number of hydrogen-bond donors (Lipinski definition) is 0. The zero-order chi connectivity index (χ0) is 20.4. The monoisotopic (exact) mass is 380 g/mol. The molecular weight excluding hydrogens is 356 g/mol. The zero-order valence-electron chi connectivity index (χ0n) is 16.2. The van der Waals surface area contributed by atoms with E-state index in [1.165, 1.54) is 0 Å². The van der Waals surface area contributed by atoms with Crippen LogP contribution in [0.1, 0.15) is 40.5 Å². The Hall–Kier alpha value is -2.64. The maximum absolute atomic E-state index is 12.8. The predicted octanol–water partition coefficient (Wildman–Crippen LogP) is 1.62. The summed E-state index contributed by atoms with van der Waals surface area (Å²) in [6.07, 6.45) is -1.02. The summed E-state index contributed by atoms with van der Waals surface area (Å²) < 4.78 is 20.5. The van der Waals surface area contributed by atoms with Crippen LogP contribution in [0.5, 0.6) is 0 Å². The first-order valence-corrected chi connectivity index (χ1v) is 8.76. The molecule has 1 atom stereocenters. The Morgan fingerprint density at radius 2 is 1.70 bits per heavy atom. The maximum atomic E-state index is 12.8. The lowest BCUT2D eigenvalue weighted by Gasteiger charge is -2.37. The van der Waals surface area contributed by atoms with E-state index in [4.69, 9.17) is 18.9 Å². The van der Waals surface area contributed by atoms with Gasteiger partial charge in [-0.2, -0.15) is 0 Å². The molecule has 0 aromatic heterocycles. The second-order valence-electron chi connectivity index (χ2n) is 6.99. The fourth-order valence-electron chi connectivity index (χ4n) is 3.23. The van der Waals surface area contributed by atoms with Gasteiger partial charge in [-0.25, -0.2) is 14.4 Å². The van der Waals surface area contributed by atoms with E-state index in [0.29, 0.717) is 6.42 Å². The second-order valence-corrected chi connectivity index (χ2v) is 6.99. The molecule has 0 spiro atoms. The van der Waals surface area contributed by atoms with Crippen molar-refractivity contribution in [2.45, 2.75) is 46.6 Å². The molecule has 0 fully saturated rings. The van der Waals surface area contributed by atoms with E-state index in [9.17, 15) is 19.2 Å². The number of ketones is 1. The number of carbonyl (C=O) groups excluding carboxylic acids is 4. The molecule has 0 bridgehead atoms. The minimum Gasteiger partial charge on any atom is -0.477 e. The quantitative estimate of drug-likeness (QED) is 0.523. The Kier molecular flexibility index (Phi) is 6.08. The van der Waals surface area contributed by atoms with Gasteiger partial charge in [-0.05, 0) is 19.3 Å². The number of allylic oxidation sites excluding steroid dienone is 1. The van der Waals surface area contributed by atoms with Crippen molar-refractivity contribution in [2.24, 2.45) is 5.41 Å². The van der Waals surface area contributed by atoms with Crippen LogP contribution in [0, 0.1) is 5.41 Å². The van der Waals surface area contributed by atoms with Gasteiger partial charge in [0.2, 0.25) is 6.10 Å². The number of rotatable bonds is 5. The van der Waals surface area contributed by atoms with Gasteiger partial charge in [0.15, 0.2) is 5.78 Å². The van der Waals surface area contributed by atoms with Crippen molar-refractivity contribution in [3.8, 4) is 0 Å². The van der Waals surface area contributed by atoms with E-state index in [2.05, 4.69) is 0 Å². The van der Waals surface area contributed by atoms with Gasteiger partial charge in [0.05, 0.1) is 31.5 Å². The van der Waals surface area contributed by atoms with Crippen molar-refractivity contribution in [3.05, 3.63) is 22.5 Å². The maximum Gasteiger partial charge on any atom is 0.352 e. The first-order chi connectivity index (χ1) is 12.7. The first kappa shape index (κ1) is 20.7. The Bertz CT molecular complexity index is 741.